The molecule has 0 amide bonds. The minimum atomic E-state index is 0.0310. The summed E-state index contributed by atoms with van der Waals surface area (Å²) in [5.41, 5.74) is 0.958. The summed E-state index contributed by atoms with van der Waals surface area (Å²) in [6.45, 7) is 4.31. The number of nitrogens with one attached hydrogen (secondary N) is 1. The number of thioether (sulfide) groups is 1. The molecule has 1 heterocycles. The summed E-state index contributed by atoms with van der Waals surface area (Å²) in [6, 6.07) is 5.98. The fourth-order valence-corrected chi connectivity index (χ4v) is 3.72. The van der Waals surface area contributed by atoms with E-state index in [0.29, 0.717) is 0 Å². The molecule has 5 heteroatoms. The van der Waals surface area contributed by atoms with Crippen molar-refractivity contribution in [2.75, 3.05) is 11.1 Å². The summed E-state index contributed by atoms with van der Waals surface area (Å²) in [7, 11) is 0. The number of hydrogen-bond acceptors (Lipinski definition) is 3. The van der Waals surface area contributed by atoms with Gasteiger partial charge in [0, 0.05) is 9.32 Å². The second kappa shape index (κ2) is 5.36. The maximum absolute atomic E-state index is 6.19. The highest BCUT2D eigenvalue weighted by atomic mass is 127. The molecule has 1 aromatic carbocycles. The van der Waals surface area contributed by atoms with Crippen LogP contribution in [0.3, 0.4) is 0 Å². The number of aliphatic imine (C=N–C) groups is 1. The SMILES string of the molecule is CC1(C)CCSC(Nc2ccc(I)cc2Cl)=N1. The fourth-order valence-electron chi connectivity index (χ4n) is 1.53. The Morgan fingerprint density at radius 2 is 2.24 bits per heavy atom. The Kier molecular flexibility index (Phi) is 4.26. The molecule has 2 rings (SSSR count). The molecule has 92 valence electrons. The molecule has 1 N–H and O–H groups in total. The Morgan fingerprint density at radius 1 is 1.47 bits per heavy atom. The van der Waals surface area contributed by atoms with Gasteiger partial charge in [-0.3, -0.25) is 4.99 Å². The molecule has 0 fully saturated rings. The first-order valence-corrected chi connectivity index (χ1v) is 7.85. The molecule has 0 unspecified atom stereocenters. The van der Waals surface area contributed by atoms with E-state index in [1.807, 2.05) is 18.2 Å². The average molecular weight is 381 g/mol. The number of hydrogen-bond donors (Lipinski definition) is 1. The van der Waals surface area contributed by atoms with Gasteiger partial charge in [0.25, 0.3) is 0 Å². The van der Waals surface area contributed by atoms with Crippen molar-refractivity contribution in [2.45, 2.75) is 25.8 Å². The number of nitrogens with zero attached hydrogens (tertiary/aromatic N) is 1. The molecule has 0 spiro atoms. The van der Waals surface area contributed by atoms with Crippen LogP contribution in [0.5, 0.6) is 0 Å². The van der Waals surface area contributed by atoms with Crippen molar-refractivity contribution in [1.29, 1.82) is 0 Å². The van der Waals surface area contributed by atoms with Crippen molar-refractivity contribution in [2.24, 2.45) is 4.99 Å². The first-order valence-electron chi connectivity index (χ1n) is 5.41. The molecule has 0 radical (unpaired) electrons. The number of benzene rings is 1. The zero-order chi connectivity index (χ0) is 12.5. The molecule has 0 saturated carbocycles. The summed E-state index contributed by atoms with van der Waals surface area (Å²) in [5, 5.41) is 5.01. The van der Waals surface area contributed by atoms with Gasteiger partial charge in [-0.15, -0.1) is 0 Å². The third-order valence-electron chi connectivity index (χ3n) is 2.53. The molecule has 0 aliphatic carbocycles. The Labute approximate surface area is 125 Å². The third kappa shape index (κ3) is 3.76. The van der Waals surface area contributed by atoms with Crippen LogP contribution in [0, 0.1) is 3.57 Å². The normalized spacial score (nSPS) is 18.7. The van der Waals surface area contributed by atoms with E-state index in [0.717, 1.165) is 31.6 Å². The van der Waals surface area contributed by atoms with Gasteiger partial charge >= 0.3 is 0 Å². The predicted molar refractivity (Wildman–Crippen MR) is 86.4 cm³/mol. The maximum Gasteiger partial charge on any atom is 0.161 e. The Morgan fingerprint density at radius 3 is 2.88 bits per heavy atom. The fraction of sp³-hybridized carbons (Fsp3) is 0.417. The van der Waals surface area contributed by atoms with Crippen LogP contribution in [-0.2, 0) is 0 Å². The van der Waals surface area contributed by atoms with Crippen LogP contribution in [0.15, 0.2) is 23.2 Å². The third-order valence-corrected chi connectivity index (χ3v) is 4.39. The van der Waals surface area contributed by atoms with Crippen molar-refractivity contribution >= 4 is 56.8 Å². The molecule has 0 atom stereocenters. The van der Waals surface area contributed by atoms with Gasteiger partial charge in [-0.25, -0.2) is 0 Å². The van der Waals surface area contributed by atoms with Crippen LogP contribution in [0.25, 0.3) is 0 Å². The van der Waals surface area contributed by atoms with Crippen molar-refractivity contribution in [3.05, 3.63) is 26.8 Å². The van der Waals surface area contributed by atoms with Gasteiger partial charge in [0.15, 0.2) is 5.17 Å². The van der Waals surface area contributed by atoms with E-state index >= 15 is 0 Å². The van der Waals surface area contributed by atoms with Gasteiger partial charge in [-0.1, -0.05) is 23.4 Å². The second-order valence-electron chi connectivity index (χ2n) is 4.58. The van der Waals surface area contributed by atoms with Crippen LogP contribution < -0.4 is 5.32 Å². The molecular weight excluding hydrogens is 367 g/mol. The zero-order valence-corrected chi connectivity index (χ0v) is 13.5. The maximum atomic E-state index is 6.19. The monoisotopic (exact) mass is 380 g/mol. The first kappa shape index (κ1) is 13.5. The number of amidine groups is 1. The Hall–Kier alpha value is 0.0600. The molecule has 0 saturated heterocycles. The highest BCUT2D eigenvalue weighted by Crippen LogP contribution is 2.29. The van der Waals surface area contributed by atoms with Crippen molar-refractivity contribution in [3.63, 3.8) is 0 Å². The number of halogens is 2. The standard InChI is InChI=1S/C12H14ClIN2S/c1-12(2)5-6-17-11(16-12)15-10-4-3-8(14)7-9(10)13/h3-4,7H,5-6H2,1-2H3,(H,15,16). The van der Waals surface area contributed by atoms with E-state index in [1.165, 1.54) is 0 Å². The lowest BCUT2D eigenvalue weighted by Gasteiger charge is -2.26. The average Bonchev–Trinajstić information content (AvgIpc) is 2.21. The summed E-state index contributed by atoms with van der Waals surface area (Å²) in [6.07, 6.45) is 1.11. The van der Waals surface area contributed by atoms with E-state index in [1.54, 1.807) is 11.8 Å². The van der Waals surface area contributed by atoms with Crippen LogP contribution in [0.2, 0.25) is 5.02 Å². The van der Waals surface area contributed by atoms with Gasteiger partial charge in [-0.2, -0.15) is 0 Å². The highest BCUT2D eigenvalue weighted by Gasteiger charge is 2.22. The van der Waals surface area contributed by atoms with Crippen molar-refractivity contribution in [3.8, 4) is 0 Å². The van der Waals surface area contributed by atoms with Gasteiger partial charge in [-0.05, 0) is 61.1 Å². The van der Waals surface area contributed by atoms with Crippen LogP contribution in [-0.4, -0.2) is 16.5 Å². The molecule has 2 nitrogen and oxygen atoms in total. The number of rotatable bonds is 1. The Balaban J connectivity index is 2.18. The van der Waals surface area contributed by atoms with E-state index < -0.39 is 0 Å². The van der Waals surface area contributed by atoms with Gasteiger partial charge in [0.2, 0.25) is 0 Å². The number of anilines is 1. The lowest BCUT2D eigenvalue weighted by atomic mass is 10.0. The first-order chi connectivity index (χ1) is 7.96. The van der Waals surface area contributed by atoms with Gasteiger partial charge < -0.3 is 5.32 Å². The summed E-state index contributed by atoms with van der Waals surface area (Å²) >= 11 is 10.2. The van der Waals surface area contributed by atoms with E-state index in [4.69, 9.17) is 11.6 Å². The smallest absolute Gasteiger partial charge is 0.161 e. The molecule has 1 aliphatic rings. The molecule has 0 aromatic heterocycles. The molecule has 0 bridgehead atoms. The summed E-state index contributed by atoms with van der Waals surface area (Å²) in [4.78, 5) is 4.68. The van der Waals surface area contributed by atoms with Gasteiger partial charge in [0.1, 0.15) is 0 Å². The van der Waals surface area contributed by atoms with Gasteiger partial charge in [0.05, 0.1) is 16.2 Å². The van der Waals surface area contributed by atoms with E-state index in [9.17, 15) is 0 Å². The molecule has 1 aromatic rings. The van der Waals surface area contributed by atoms with Crippen LogP contribution >= 0.6 is 46.0 Å². The molecule has 1 aliphatic heterocycles. The van der Waals surface area contributed by atoms with Crippen LogP contribution in [0.4, 0.5) is 5.69 Å². The van der Waals surface area contributed by atoms with E-state index in [-0.39, 0.29) is 5.54 Å². The molecule has 17 heavy (non-hydrogen) atoms. The lowest BCUT2D eigenvalue weighted by Crippen LogP contribution is -2.27. The zero-order valence-electron chi connectivity index (χ0n) is 9.76. The Bertz CT molecular complexity index is 460. The lowest BCUT2D eigenvalue weighted by molar-refractivity contribution is 0.507. The largest absolute Gasteiger partial charge is 0.334 e. The topological polar surface area (TPSA) is 24.4 Å². The molecular formula is C12H14ClIN2S. The van der Waals surface area contributed by atoms with Crippen LogP contribution in [0.1, 0.15) is 20.3 Å². The minimum Gasteiger partial charge on any atom is -0.334 e. The van der Waals surface area contributed by atoms with Crippen molar-refractivity contribution < 1.29 is 0 Å². The van der Waals surface area contributed by atoms with E-state index in [2.05, 4.69) is 46.7 Å². The summed E-state index contributed by atoms with van der Waals surface area (Å²) < 4.78 is 1.14. The minimum absolute atomic E-state index is 0.0310. The predicted octanol–water partition coefficient (Wildman–Crippen LogP) is 4.63. The summed E-state index contributed by atoms with van der Waals surface area (Å²) in [5.74, 6) is 1.10. The highest BCUT2D eigenvalue weighted by molar-refractivity contribution is 14.1. The van der Waals surface area contributed by atoms with Crippen molar-refractivity contribution in [1.82, 2.24) is 0 Å². The second-order valence-corrected chi connectivity index (χ2v) is 7.31. The quantitative estimate of drug-likeness (QED) is 0.719.